The number of benzene rings is 2. The Balaban J connectivity index is 2.48. The Morgan fingerprint density at radius 3 is 1.61 bits per heavy atom. The highest BCUT2D eigenvalue weighted by Crippen LogP contribution is 2.41. The monoisotopic (exact) mass is 256 g/mol. The van der Waals surface area contributed by atoms with Gasteiger partial charge in [-0.05, 0) is 18.5 Å². The lowest BCUT2D eigenvalue weighted by Crippen LogP contribution is -2.16. The normalized spacial score (nSPS) is 10.3. The lowest BCUT2D eigenvalue weighted by Gasteiger charge is -2.18. The third-order valence-electron chi connectivity index (χ3n) is 2.55. The van der Waals surface area contributed by atoms with Crippen LogP contribution in [0.1, 0.15) is 0 Å². The van der Waals surface area contributed by atoms with Gasteiger partial charge in [-0.2, -0.15) is 0 Å². The number of aliphatic carboxylic acids is 1. The van der Waals surface area contributed by atoms with Crippen molar-refractivity contribution in [2.75, 3.05) is 0 Å². The lowest BCUT2D eigenvalue weighted by molar-refractivity contribution is -0.131. The summed E-state index contributed by atoms with van der Waals surface area (Å²) in [6.07, 6.45) is 0. The van der Waals surface area contributed by atoms with E-state index in [0.29, 0.717) is 0 Å². The summed E-state index contributed by atoms with van der Waals surface area (Å²) in [4.78, 5) is 11.2. The molecule has 0 aromatic heterocycles. The zero-order valence-corrected chi connectivity index (χ0v) is 10.7. The Labute approximate surface area is 107 Å². The smallest absolute Gasteiger partial charge is 0.336 e. The summed E-state index contributed by atoms with van der Waals surface area (Å²) in [5, 5.41) is 11.5. The summed E-state index contributed by atoms with van der Waals surface area (Å²) in [5.74, 6) is -0.936. The second-order valence-electron chi connectivity index (χ2n) is 3.76. The van der Waals surface area contributed by atoms with Crippen molar-refractivity contribution < 1.29 is 9.90 Å². The van der Waals surface area contributed by atoms with Gasteiger partial charge < -0.3 is 5.11 Å². The fourth-order valence-electron chi connectivity index (χ4n) is 1.71. The molecule has 0 atom stereocenters. The Bertz CT molecular complexity index is 510. The molecule has 0 aliphatic rings. The summed E-state index contributed by atoms with van der Waals surface area (Å²) in [5.41, 5.74) is 0. The molecule has 0 aliphatic carbocycles. The number of rotatable bonds is 4. The van der Waals surface area contributed by atoms with E-state index in [1.54, 1.807) is 0 Å². The Hall–Kier alpha value is -1.92. The van der Waals surface area contributed by atoms with E-state index < -0.39 is 13.9 Å². The fourth-order valence-corrected chi connectivity index (χ4v) is 3.76. The molecule has 1 N–H and O–H groups in total. The van der Waals surface area contributed by atoms with Crippen molar-refractivity contribution in [3.63, 3.8) is 0 Å². The van der Waals surface area contributed by atoms with E-state index in [1.807, 2.05) is 60.7 Å². The molecule has 2 nitrogen and oxygen atoms in total. The highest BCUT2D eigenvalue weighted by molar-refractivity contribution is 7.77. The topological polar surface area (TPSA) is 37.3 Å². The van der Waals surface area contributed by atoms with Gasteiger partial charge >= 0.3 is 5.97 Å². The predicted octanol–water partition coefficient (Wildman–Crippen LogP) is 2.72. The van der Waals surface area contributed by atoms with E-state index in [4.69, 9.17) is 0 Å². The molecular weight excluding hydrogens is 243 g/mol. The first-order valence-corrected chi connectivity index (χ1v) is 6.87. The van der Waals surface area contributed by atoms with E-state index in [-0.39, 0.29) is 5.31 Å². The predicted molar refractivity (Wildman–Crippen MR) is 75.8 cm³/mol. The molecule has 2 aromatic carbocycles. The number of hydrogen-bond acceptors (Lipinski definition) is 1. The molecule has 2 aromatic rings. The Kier molecular flexibility index (Phi) is 3.91. The van der Waals surface area contributed by atoms with Crippen LogP contribution in [0.25, 0.3) is 0 Å². The molecule has 0 unspecified atom stereocenters. The molecule has 2 rings (SSSR count). The van der Waals surface area contributed by atoms with Crippen LogP contribution in [-0.4, -0.2) is 11.1 Å². The third-order valence-corrected chi connectivity index (χ3v) is 4.91. The van der Waals surface area contributed by atoms with E-state index in [1.165, 1.54) is 0 Å². The molecule has 90 valence electrons. The molecule has 3 heteroatoms. The molecule has 0 spiro atoms. The molecule has 0 radical (unpaired) electrons. The minimum absolute atomic E-state index is 0.252. The van der Waals surface area contributed by atoms with Crippen LogP contribution in [0.2, 0.25) is 0 Å². The Morgan fingerprint density at radius 2 is 1.28 bits per heavy atom. The molecule has 0 amide bonds. The molecule has 0 aliphatic heterocycles. The van der Waals surface area contributed by atoms with Crippen molar-refractivity contribution in [2.45, 2.75) is 0 Å². The van der Waals surface area contributed by atoms with Gasteiger partial charge in [0.15, 0.2) is 0 Å². The minimum Gasteiger partial charge on any atom is -0.478 e. The van der Waals surface area contributed by atoms with Gasteiger partial charge in [0.1, 0.15) is 0 Å². The number of carboxylic acids is 1. The van der Waals surface area contributed by atoms with E-state index >= 15 is 0 Å². The zero-order chi connectivity index (χ0) is 13.0. The minimum atomic E-state index is -1.05. The van der Waals surface area contributed by atoms with Crippen LogP contribution in [0.5, 0.6) is 0 Å². The largest absolute Gasteiger partial charge is 0.478 e. The second-order valence-corrected chi connectivity index (χ2v) is 6.00. The maximum absolute atomic E-state index is 11.2. The van der Waals surface area contributed by atoms with Gasteiger partial charge in [0.25, 0.3) is 0 Å². The van der Waals surface area contributed by atoms with Gasteiger partial charge in [-0.25, -0.2) is 4.79 Å². The van der Waals surface area contributed by atoms with Crippen molar-refractivity contribution in [1.29, 1.82) is 0 Å². The molecular formula is C15H13O2P. The molecule has 0 saturated heterocycles. The number of carboxylic acid groups (broad SMARTS) is 1. The van der Waals surface area contributed by atoms with Crippen LogP contribution in [0.4, 0.5) is 0 Å². The van der Waals surface area contributed by atoms with E-state index in [0.717, 1.165) is 10.6 Å². The standard InChI is InChI=1S/C15H13O2P/c1-12(15(16)17)18(13-8-4-2-5-9-13)14-10-6-3-7-11-14/h2-11H,1H2,(H,16,17). The van der Waals surface area contributed by atoms with E-state index in [2.05, 4.69) is 6.58 Å². The first-order valence-electron chi connectivity index (χ1n) is 5.52. The van der Waals surface area contributed by atoms with E-state index in [9.17, 15) is 9.90 Å². The summed E-state index contributed by atoms with van der Waals surface area (Å²) >= 11 is 0. The highest BCUT2D eigenvalue weighted by Gasteiger charge is 2.21. The first-order chi connectivity index (χ1) is 8.70. The van der Waals surface area contributed by atoms with Gasteiger partial charge in [0.05, 0.1) is 5.31 Å². The van der Waals surface area contributed by atoms with Gasteiger partial charge in [-0.3, -0.25) is 0 Å². The molecule has 18 heavy (non-hydrogen) atoms. The quantitative estimate of drug-likeness (QED) is 0.674. The average Bonchev–Trinajstić information content (AvgIpc) is 2.41. The van der Waals surface area contributed by atoms with Crippen LogP contribution in [0.3, 0.4) is 0 Å². The van der Waals surface area contributed by atoms with Gasteiger partial charge in [-0.1, -0.05) is 67.2 Å². The van der Waals surface area contributed by atoms with Crippen molar-refractivity contribution in [3.8, 4) is 0 Å². The lowest BCUT2D eigenvalue weighted by atomic mass is 10.4. The highest BCUT2D eigenvalue weighted by atomic mass is 31.1. The van der Waals surface area contributed by atoms with Gasteiger partial charge in [0.2, 0.25) is 0 Å². The maximum atomic E-state index is 11.2. The van der Waals surface area contributed by atoms with Gasteiger partial charge in [-0.15, -0.1) is 0 Å². The van der Waals surface area contributed by atoms with Crippen LogP contribution >= 0.6 is 7.92 Å². The maximum Gasteiger partial charge on any atom is 0.336 e. The van der Waals surface area contributed by atoms with Crippen molar-refractivity contribution in [1.82, 2.24) is 0 Å². The summed E-state index contributed by atoms with van der Waals surface area (Å²) < 4.78 is 0. The van der Waals surface area contributed by atoms with Crippen molar-refractivity contribution >= 4 is 24.5 Å². The van der Waals surface area contributed by atoms with Crippen LogP contribution in [-0.2, 0) is 4.79 Å². The van der Waals surface area contributed by atoms with Crippen LogP contribution in [0, 0.1) is 0 Å². The molecule has 0 heterocycles. The van der Waals surface area contributed by atoms with Crippen LogP contribution in [0.15, 0.2) is 72.6 Å². The molecule has 0 bridgehead atoms. The Morgan fingerprint density at radius 1 is 0.889 bits per heavy atom. The first kappa shape index (κ1) is 12.5. The second kappa shape index (κ2) is 5.61. The summed E-state index contributed by atoms with van der Waals surface area (Å²) in [6, 6.07) is 19.3. The van der Waals surface area contributed by atoms with Crippen molar-refractivity contribution in [2.24, 2.45) is 0 Å². The SMILES string of the molecule is C=C(C(=O)O)P(c1ccccc1)c1ccccc1. The number of carbonyl (C=O) groups is 1. The van der Waals surface area contributed by atoms with Crippen molar-refractivity contribution in [3.05, 3.63) is 72.6 Å². The average molecular weight is 256 g/mol. The fraction of sp³-hybridized carbons (Fsp3) is 0. The third kappa shape index (κ3) is 2.66. The summed E-state index contributed by atoms with van der Waals surface area (Å²) in [6.45, 7) is 3.74. The number of hydrogen-bond donors (Lipinski definition) is 1. The molecule has 0 saturated carbocycles. The van der Waals surface area contributed by atoms with Gasteiger partial charge in [0, 0.05) is 0 Å². The summed E-state index contributed by atoms with van der Waals surface area (Å²) in [7, 11) is -1.05. The zero-order valence-electron chi connectivity index (χ0n) is 9.78. The molecule has 0 fully saturated rings. The van der Waals surface area contributed by atoms with Crippen LogP contribution < -0.4 is 10.6 Å².